The fourth-order valence-electron chi connectivity index (χ4n) is 7.72. The molecule has 0 fully saturated rings. The number of carboxylic acid groups (broad SMARTS) is 1. The number of ether oxygens (including phenoxy) is 2. The van der Waals surface area contributed by atoms with Gasteiger partial charge in [-0.3, -0.25) is 18.6 Å². The van der Waals surface area contributed by atoms with Crippen LogP contribution in [0.15, 0.2) is 48.6 Å². The zero-order valence-corrected chi connectivity index (χ0v) is 43.4. The Morgan fingerprint density at radius 2 is 0.879 bits per heavy atom. The molecule has 0 saturated carbocycles. The molecular weight excluding hydrogens is 850 g/mol. The molecule has 0 aliphatic heterocycles. The Labute approximate surface area is 405 Å². The predicted molar refractivity (Wildman–Crippen MR) is 277 cm³/mol. The molecule has 386 valence electrons. The lowest BCUT2D eigenvalue weighted by Crippen LogP contribution is -2.34. The van der Waals surface area contributed by atoms with Crippen molar-refractivity contribution in [2.45, 2.75) is 264 Å². The molecule has 0 bridgehead atoms. The second kappa shape index (κ2) is 50.8. The third-order valence-electron chi connectivity index (χ3n) is 11.9. The van der Waals surface area contributed by atoms with Gasteiger partial charge in [0.1, 0.15) is 12.1 Å². The SMILES string of the molecule is CC/C=C\C/C=C\C/C=C\C/C=C\CCCCCCCCCCCCCOCC(COP(=O)(O)OCC(N)C(=O)O)OC(=O)CCCCCCCCCCCCCCCCCCCCCC. The van der Waals surface area contributed by atoms with E-state index in [1.165, 1.54) is 167 Å². The van der Waals surface area contributed by atoms with Crippen molar-refractivity contribution in [2.24, 2.45) is 5.73 Å². The summed E-state index contributed by atoms with van der Waals surface area (Å²) in [4.78, 5) is 33.7. The van der Waals surface area contributed by atoms with Crippen molar-refractivity contribution in [1.29, 1.82) is 0 Å². The van der Waals surface area contributed by atoms with Gasteiger partial charge in [-0.15, -0.1) is 0 Å². The third-order valence-corrected chi connectivity index (χ3v) is 12.8. The van der Waals surface area contributed by atoms with Crippen LogP contribution < -0.4 is 5.73 Å². The molecule has 0 aliphatic carbocycles. The average molecular weight is 952 g/mol. The largest absolute Gasteiger partial charge is 0.480 e. The van der Waals surface area contributed by atoms with Crippen molar-refractivity contribution in [1.82, 2.24) is 0 Å². The minimum Gasteiger partial charge on any atom is -0.480 e. The summed E-state index contributed by atoms with van der Waals surface area (Å²) < 4.78 is 33.6. The molecular formula is C55H102NO9P. The summed E-state index contributed by atoms with van der Waals surface area (Å²) in [6, 6.07) is -1.47. The van der Waals surface area contributed by atoms with E-state index < -0.39 is 45.1 Å². The molecule has 66 heavy (non-hydrogen) atoms. The number of phosphoric ester groups is 1. The van der Waals surface area contributed by atoms with Gasteiger partial charge in [-0.25, -0.2) is 4.57 Å². The Hall–Kier alpha value is -2.07. The van der Waals surface area contributed by atoms with Gasteiger partial charge in [0.15, 0.2) is 0 Å². The van der Waals surface area contributed by atoms with Crippen molar-refractivity contribution in [3.8, 4) is 0 Å². The zero-order valence-electron chi connectivity index (χ0n) is 42.5. The molecule has 0 aliphatic rings. The molecule has 3 atom stereocenters. The average Bonchev–Trinajstić information content (AvgIpc) is 3.30. The van der Waals surface area contributed by atoms with Gasteiger partial charge in [-0.1, -0.05) is 242 Å². The Morgan fingerprint density at radius 3 is 1.32 bits per heavy atom. The first-order chi connectivity index (χ1) is 32.2. The van der Waals surface area contributed by atoms with Crippen LogP contribution in [0.3, 0.4) is 0 Å². The molecule has 0 rings (SSSR count). The summed E-state index contributed by atoms with van der Waals surface area (Å²) in [6.45, 7) is 3.81. The number of aliphatic carboxylic acids is 1. The van der Waals surface area contributed by atoms with Gasteiger partial charge in [0, 0.05) is 13.0 Å². The summed E-state index contributed by atoms with van der Waals surface area (Å²) in [5.41, 5.74) is 5.38. The lowest BCUT2D eigenvalue weighted by molar-refractivity contribution is -0.154. The van der Waals surface area contributed by atoms with Crippen molar-refractivity contribution < 1.29 is 42.7 Å². The van der Waals surface area contributed by atoms with E-state index in [1.54, 1.807) is 0 Å². The quantitative estimate of drug-likeness (QED) is 0.0232. The topological polar surface area (TPSA) is 155 Å². The van der Waals surface area contributed by atoms with E-state index in [0.717, 1.165) is 57.8 Å². The second-order valence-electron chi connectivity index (χ2n) is 18.3. The highest BCUT2D eigenvalue weighted by Gasteiger charge is 2.27. The Bertz CT molecular complexity index is 1240. The summed E-state index contributed by atoms with van der Waals surface area (Å²) in [5.74, 6) is -1.77. The highest BCUT2D eigenvalue weighted by atomic mass is 31.2. The molecule has 0 amide bonds. The van der Waals surface area contributed by atoms with Crippen LogP contribution in [0.2, 0.25) is 0 Å². The van der Waals surface area contributed by atoms with Gasteiger partial charge in [-0.2, -0.15) is 0 Å². The molecule has 0 spiro atoms. The van der Waals surface area contributed by atoms with E-state index in [2.05, 4.69) is 62.5 Å². The number of hydrogen-bond donors (Lipinski definition) is 3. The summed E-state index contributed by atoms with van der Waals surface area (Å²) >= 11 is 0. The van der Waals surface area contributed by atoms with Crippen LogP contribution in [-0.4, -0.2) is 60.5 Å². The minimum atomic E-state index is -4.62. The molecule has 0 aromatic heterocycles. The number of carbonyl (C=O) groups is 2. The Kier molecular flexibility index (Phi) is 49.2. The number of nitrogens with two attached hydrogens (primary N) is 1. The summed E-state index contributed by atoms with van der Waals surface area (Å²) in [7, 11) is -4.62. The van der Waals surface area contributed by atoms with Gasteiger partial charge in [0.2, 0.25) is 0 Å². The van der Waals surface area contributed by atoms with Gasteiger partial charge < -0.3 is 25.2 Å². The minimum absolute atomic E-state index is 0.0169. The first-order valence-corrected chi connectivity index (χ1v) is 28.7. The van der Waals surface area contributed by atoms with Crippen LogP contribution in [0.1, 0.15) is 251 Å². The van der Waals surface area contributed by atoms with Crippen molar-refractivity contribution >= 4 is 19.8 Å². The highest BCUT2D eigenvalue weighted by molar-refractivity contribution is 7.47. The molecule has 0 aromatic rings. The van der Waals surface area contributed by atoms with Crippen LogP contribution >= 0.6 is 7.82 Å². The van der Waals surface area contributed by atoms with Crippen molar-refractivity contribution in [3.63, 3.8) is 0 Å². The van der Waals surface area contributed by atoms with Crippen LogP contribution in [-0.2, 0) is 32.7 Å². The number of phosphoric acid groups is 1. The van der Waals surface area contributed by atoms with E-state index in [4.69, 9.17) is 29.4 Å². The standard InChI is InChI=1S/C55H102NO9P/c1-3-5-7-9-11-13-15-17-19-21-23-25-26-27-28-30-32-34-36-38-40-42-44-46-48-62-49-52(50-63-66(60,61)64-51-53(56)55(58)59)65-54(57)47-45-43-41-39-37-35-33-31-29-24-22-20-18-16-14-12-10-8-6-4-2/h5,7,11,13,17,19,23,25,52-53H,3-4,6,8-10,12,14-16,18,20-22,24,26-51,56H2,1-2H3,(H,58,59)(H,60,61)/b7-5-,13-11-,19-17-,25-23-. The fraction of sp³-hybridized carbons (Fsp3) is 0.818. The fourth-order valence-corrected chi connectivity index (χ4v) is 8.49. The molecule has 0 saturated heterocycles. The first kappa shape index (κ1) is 63.9. The van der Waals surface area contributed by atoms with E-state index in [-0.39, 0.29) is 13.0 Å². The summed E-state index contributed by atoms with van der Waals surface area (Å²) in [6.07, 6.45) is 61.7. The smallest absolute Gasteiger partial charge is 0.472 e. The number of carbonyl (C=O) groups excluding carboxylic acids is 1. The molecule has 0 aromatic carbocycles. The van der Waals surface area contributed by atoms with E-state index >= 15 is 0 Å². The van der Waals surface area contributed by atoms with Gasteiger partial charge in [-0.05, 0) is 51.4 Å². The number of rotatable bonds is 52. The maximum absolute atomic E-state index is 12.7. The van der Waals surface area contributed by atoms with E-state index in [0.29, 0.717) is 13.0 Å². The lowest BCUT2D eigenvalue weighted by atomic mass is 10.0. The Balaban J connectivity index is 4.08. The molecule has 10 nitrogen and oxygen atoms in total. The highest BCUT2D eigenvalue weighted by Crippen LogP contribution is 2.43. The van der Waals surface area contributed by atoms with Crippen LogP contribution in [0, 0.1) is 0 Å². The number of esters is 1. The van der Waals surface area contributed by atoms with Crippen molar-refractivity contribution in [3.05, 3.63) is 48.6 Å². The van der Waals surface area contributed by atoms with Crippen LogP contribution in [0.4, 0.5) is 0 Å². The molecule has 11 heteroatoms. The zero-order chi connectivity index (χ0) is 48.3. The second-order valence-corrected chi connectivity index (χ2v) is 19.8. The van der Waals surface area contributed by atoms with Crippen LogP contribution in [0.5, 0.6) is 0 Å². The maximum Gasteiger partial charge on any atom is 0.472 e. The normalized spacial score (nSPS) is 14.0. The van der Waals surface area contributed by atoms with E-state index in [1.807, 2.05) is 0 Å². The number of allylic oxidation sites excluding steroid dienone is 8. The van der Waals surface area contributed by atoms with Gasteiger partial charge in [0.25, 0.3) is 0 Å². The Morgan fingerprint density at radius 1 is 0.500 bits per heavy atom. The number of hydrogen-bond acceptors (Lipinski definition) is 8. The summed E-state index contributed by atoms with van der Waals surface area (Å²) in [5, 5.41) is 8.94. The van der Waals surface area contributed by atoms with Crippen LogP contribution in [0.25, 0.3) is 0 Å². The maximum atomic E-state index is 12.7. The van der Waals surface area contributed by atoms with E-state index in [9.17, 15) is 19.0 Å². The van der Waals surface area contributed by atoms with Gasteiger partial charge in [0.05, 0.1) is 19.8 Å². The molecule has 0 heterocycles. The molecule has 4 N–H and O–H groups in total. The first-order valence-electron chi connectivity index (χ1n) is 27.2. The monoisotopic (exact) mass is 952 g/mol. The molecule has 0 radical (unpaired) electrons. The molecule has 3 unspecified atom stereocenters. The van der Waals surface area contributed by atoms with Gasteiger partial charge >= 0.3 is 19.8 Å². The number of unbranched alkanes of at least 4 members (excludes halogenated alkanes) is 30. The number of carboxylic acids is 1. The van der Waals surface area contributed by atoms with Crippen molar-refractivity contribution in [2.75, 3.05) is 26.4 Å². The predicted octanol–water partition coefficient (Wildman–Crippen LogP) is 16.2. The lowest BCUT2D eigenvalue weighted by Gasteiger charge is -2.20. The third kappa shape index (κ3) is 49.8.